The number of amides is 3. The van der Waals surface area contributed by atoms with Crippen LogP contribution in [0.4, 0.5) is 0 Å². The molecule has 1 fully saturated rings. The van der Waals surface area contributed by atoms with Crippen molar-refractivity contribution in [3.8, 4) is 0 Å². The van der Waals surface area contributed by atoms with E-state index >= 15 is 0 Å². The Labute approximate surface area is 116 Å². The van der Waals surface area contributed by atoms with E-state index in [9.17, 15) is 19.2 Å². The summed E-state index contributed by atoms with van der Waals surface area (Å²) in [7, 11) is 0. The van der Waals surface area contributed by atoms with Gasteiger partial charge in [0.1, 0.15) is 12.3 Å². The van der Waals surface area contributed by atoms with Gasteiger partial charge in [-0.2, -0.15) is 0 Å². The van der Waals surface area contributed by atoms with Crippen LogP contribution in [0, 0.1) is 0 Å². The minimum absolute atomic E-state index is 0.0269. The van der Waals surface area contributed by atoms with Gasteiger partial charge in [0.25, 0.3) is 0 Å². The Morgan fingerprint density at radius 2 is 2.10 bits per heavy atom. The molecular formula is C12H20N4O4. The summed E-state index contributed by atoms with van der Waals surface area (Å²) in [4.78, 5) is 46.8. The molecule has 0 aliphatic carbocycles. The molecule has 0 aromatic rings. The summed E-state index contributed by atoms with van der Waals surface area (Å²) in [6.45, 7) is 0.214. The molecule has 3 amide bonds. The first kappa shape index (κ1) is 16.1. The predicted octanol–water partition coefficient (Wildman–Crippen LogP) is -2.11. The molecule has 0 radical (unpaired) electrons. The van der Waals surface area contributed by atoms with Crippen LogP contribution >= 0.6 is 0 Å². The average Bonchev–Trinajstić information content (AvgIpc) is 2.90. The SMILES string of the molecule is NCC(=O)N[C@@H](CCC(N)=O)C(=O)N1CCC[C@H]1C=O. The zero-order valence-electron chi connectivity index (χ0n) is 11.2. The molecule has 1 aliphatic rings. The van der Waals surface area contributed by atoms with Gasteiger partial charge >= 0.3 is 0 Å². The number of hydrogen-bond acceptors (Lipinski definition) is 5. The van der Waals surface area contributed by atoms with Crippen LogP contribution in [0.5, 0.6) is 0 Å². The summed E-state index contributed by atoms with van der Waals surface area (Å²) in [6.07, 6.45) is 2.15. The summed E-state index contributed by atoms with van der Waals surface area (Å²) in [6, 6.07) is -1.34. The van der Waals surface area contributed by atoms with E-state index in [0.29, 0.717) is 13.0 Å². The number of carbonyl (C=O) groups is 4. The largest absolute Gasteiger partial charge is 0.370 e. The molecule has 0 saturated carbocycles. The number of aldehydes is 1. The lowest BCUT2D eigenvalue weighted by Crippen LogP contribution is -2.51. The summed E-state index contributed by atoms with van der Waals surface area (Å²) in [5, 5.41) is 2.46. The van der Waals surface area contributed by atoms with Gasteiger partial charge in [0.05, 0.1) is 12.6 Å². The first-order chi connectivity index (χ1) is 9.49. The number of nitrogens with two attached hydrogens (primary N) is 2. The fourth-order valence-corrected chi connectivity index (χ4v) is 2.20. The van der Waals surface area contributed by atoms with Gasteiger partial charge in [0, 0.05) is 13.0 Å². The Balaban J connectivity index is 2.74. The molecule has 0 aromatic carbocycles. The van der Waals surface area contributed by atoms with E-state index in [0.717, 1.165) is 12.7 Å². The van der Waals surface area contributed by atoms with Gasteiger partial charge in [-0.15, -0.1) is 0 Å². The topological polar surface area (TPSA) is 136 Å². The molecule has 0 unspecified atom stereocenters. The molecule has 8 heteroatoms. The standard InChI is InChI=1S/C12H20N4O4/c13-6-11(19)15-9(3-4-10(14)18)12(20)16-5-1-2-8(16)7-17/h7-9H,1-6,13H2,(H2,14,18)(H,15,19)/t8-,9-/m0/s1. The highest BCUT2D eigenvalue weighted by Gasteiger charge is 2.33. The van der Waals surface area contributed by atoms with Crippen LogP contribution in [0.3, 0.4) is 0 Å². The van der Waals surface area contributed by atoms with Gasteiger partial charge in [-0.1, -0.05) is 0 Å². The van der Waals surface area contributed by atoms with Gasteiger partial charge in [0.2, 0.25) is 17.7 Å². The highest BCUT2D eigenvalue weighted by Crippen LogP contribution is 2.17. The third kappa shape index (κ3) is 4.30. The van der Waals surface area contributed by atoms with Crippen molar-refractivity contribution in [1.82, 2.24) is 10.2 Å². The molecule has 1 heterocycles. The lowest BCUT2D eigenvalue weighted by Gasteiger charge is -2.26. The first-order valence-corrected chi connectivity index (χ1v) is 6.53. The van der Waals surface area contributed by atoms with Crippen molar-refractivity contribution in [3.05, 3.63) is 0 Å². The van der Waals surface area contributed by atoms with Crippen molar-refractivity contribution in [2.24, 2.45) is 11.5 Å². The molecule has 1 rings (SSSR count). The maximum Gasteiger partial charge on any atom is 0.245 e. The number of primary amides is 1. The van der Waals surface area contributed by atoms with E-state index in [2.05, 4.69) is 5.32 Å². The highest BCUT2D eigenvalue weighted by molar-refractivity contribution is 5.90. The molecule has 2 atom stereocenters. The van der Waals surface area contributed by atoms with Gasteiger partial charge in [0.15, 0.2) is 0 Å². The molecule has 0 aromatic heterocycles. The van der Waals surface area contributed by atoms with Crippen LogP contribution in [0.25, 0.3) is 0 Å². The maximum absolute atomic E-state index is 12.3. The van der Waals surface area contributed by atoms with Crippen LogP contribution < -0.4 is 16.8 Å². The van der Waals surface area contributed by atoms with E-state index in [4.69, 9.17) is 11.5 Å². The zero-order chi connectivity index (χ0) is 15.1. The smallest absolute Gasteiger partial charge is 0.245 e. The molecule has 5 N–H and O–H groups in total. The number of hydrogen-bond donors (Lipinski definition) is 3. The molecule has 0 bridgehead atoms. The minimum atomic E-state index is -0.876. The Morgan fingerprint density at radius 3 is 2.65 bits per heavy atom. The molecule has 0 spiro atoms. The summed E-state index contributed by atoms with van der Waals surface area (Å²) >= 11 is 0. The molecule has 20 heavy (non-hydrogen) atoms. The van der Waals surface area contributed by atoms with Crippen LogP contribution in [-0.4, -0.2) is 54.1 Å². The normalized spacial score (nSPS) is 19.4. The van der Waals surface area contributed by atoms with Crippen molar-refractivity contribution in [1.29, 1.82) is 0 Å². The fraction of sp³-hybridized carbons (Fsp3) is 0.667. The second-order valence-corrected chi connectivity index (χ2v) is 4.71. The molecule has 1 aliphatic heterocycles. The van der Waals surface area contributed by atoms with E-state index in [-0.39, 0.29) is 25.3 Å². The Kier molecular flexibility index (Phi) is 6.10. The average molecular weight is 284 g/mol. The highest BCUT2D eigenvalue weighted by atomic mass is 16.2. The monoisotopic (exact) mass is 284 g/mol. The third-order valence-electron chi connectivity index (χ3n) is 3.24. The Morgan fingerprint density at radius 1 is 1.40 bits per heavy atom. The number of rotatable bonds is 7. The van der Waals surface area contributed by atoms with Gasteiger partial charge in [-0.25, -0.2) is 0 Å². The quantitative estimate of drug-likeness (QED) is 0.459. The van der Waals surface area contributed by atoms with Gasteiger partial charge < -0.3 is 26.5 Å². The number of nitrogens with zero attached hydrogens (tertiary/aromatic N) is 1. The van der Waals surface area contributed by atoms with E-state index in [1.54, 1.807) is 0 Å². The van der Waals surface area contributed by atoms with Crippen molar-refractivity contribution >= 4 is 24.0 Å². The van der Waals surface area contributed by atoms with Crippen molar-refractivity contribution in [2.45, 2.75) is 37.8 Å². The van der Waals surface area contributed by atoms with Crippen LogP contribution in [-0.2, 0) is 19.2 Å². The number of nitrogens with one attached hydrogen (secondary N) is 1. The molecule has 8 nitrogen and oxygen atoms in total. The van der Waals surface area contributed by atoms with Crippen LogP contribution in [0.2, 0.25) is 0 Å². The van der Waals surface area contributed by atoms with E-state index < -0.39 is 23.9 Å². The van der Waals surface area contributed by atoms with Crippen molar-refractivity contribution in [3.63, 3.8) is 0 Å². The lowest BCUT2D eigenvalue weighted by atomic mass is 10.1. The summed E-state index contributed by atoms with van der Waals surface area (Å²) in [5.41, 5.74) is 10.3. The van der Waals surface area contributed by atoms with Gasteiger partial charge in [-0.05, 0) is 19.3 Å². The second-order valence-electron chi connectivity index (χ2n) is 4.71. The van der Waals surface area contributed by atoms with Gasteiger partial charge in [-0.3, -0.25) is 14.4 Å². The van der Waals surface area contributed by atoms with Crippen molar-refractivity contribution in [2.75, 3.05) is 13.1 Å². The Bertz CT molecular complexity index is 399. The summed E-state index contributed by atoms with van der Waals surface area (Å²) in [5.74, 6) is -1.42. The molecule has 112 valence electrons. The Hall–Kier alpha value is -1.96. The summed E-state index contributed by atoms with van der Waals surface area (Å²) < 4.78 is 0. The van der Waals surface area contributed by atoms with Crippen molar-refractivity contribution < 1.29 is 19.2 Å². The predicted molar refractivity (Wildman–Crippen MR) is 70.2 cm³/mol. The third-order valence-corrected chi connectivity index (χ3v) is 3.24. The molecular weight excluding hydrogens is 264 g/mol. The second kappa shape index (κ2) is 7.59. The maximum atomic E-state index is 12.3. The van der Waals surface area contributed by atoms with E-state index in [1.165, 1.54) is 4.90 Å². The molecule has 1 saturated heterocycles. The fourth-order valence-electron chi connectivity index (χ4n) is 2.20. The lowest BCUT2D eigenvalue weighted by molar-refractivity contribution is -0.138. The minimum Gasteiger partial charge on any atom is -0.370 e. The van der Waals surface area contributed by atoms with Crippen LogP contribution in [0.1, 0.15) is 25.7 Å². The van der Waals surface area contributed by atoms with Crippen LogP contribution in [0.15, 0.2) is 0 Å². The van der Waals surface area contributed by atoms with E-state index in [1.807, 2.05) is 0 Å². The number of carbonyl (C=O) groups excluding carboxylic acids is 4. The first-order valence-electron chi connectivity index (χ1n) is 6.53. The number of likely N-dealkylation sites (tertiary alicyclic amines) is 1. The zero-order valence-corrected chi connectivity index (χ0v) is 11.2.